The number of carbonyl (C=O) groups excluding carboxylic acids is 1. The molecule has 132 valence electrons. The van der Waals surface area contributed by atoms with Crippen LogP contribution in [0.1, 0.15) is 43.6 Å². The zero-order chi connectivity index (χ0) is 16.5. The number of rotatable bonds is 3. The van der Waals surface area contributed by atoms with E-state index in [-0.39, 0.29) is 18.1 Å². The number of aromatic nitrogens is 1. The van der Waals surface area contributed by atoms with Crippen LogP contribution in [0.15, 0.2) is 10.6 Å². The lowest BCUT2D eigenvalue weighted by Crippen LogP contribution is -2.49. The molecule has 3 atom stereocenters. The van der Waals surface area contributed by atoms with Gasteiger partial charge in [-0.3, -0.25) is 14.5 Å². The van der Waals surface area contributed by atoms with E-state index in [1.807, 2.05) is 13.0 Å². The van der Waals surface area contributed by atoms with Crippen LogP contribution in [0.5, 0.6) is 0 Å². The maximum atomic E-state index is 12.6. The molecule has 7 heteroatoms. The molecule has 1 aromatic heterocycles. The Morgan fingerprint density at radius 3 is 2.96 bits per heavy atom. The van der Waals surface area contributed by atoms with Crippen molar-refractivity contribution in [3.8, 4) is 0 Å². The van der Waals surface area contributed by atoms with Crippen LogP contribution in [0.3, 0.4) is 0 Å². The fraction of sp³-hybridized carbons (Fsp3) is 0.765. The van der Waals surface area contributed by atoms with Gasteiger partial charge in [0.25, 0.3) is 5.91 Å². The van der Waals surface area contributed by atoms with E-state index >= 15 is 0 Å². The number of nitrogens with zero attached hydrogens (tertiary/aromatic N) is 3. The Kier molecular flexibility index (Phi) is 4.56. The van der Waals surface area contributed by atoms with E-state index in [1.54, 1.807) is 0 Å². The lowest BCUT2D eigenvalue weighted by Gasteiger charge is -2.37. The van der Waals surface area contributed by atoms with Crippen molar-refractivity contribution in [2.24, 2.45) is 0 Å². The van der Waals surface area contributed by atoms with Gasteiger partial charge < -0.3 is 9.26 Å². The Hall–Kier alpha value is -1.44. The summed E-state index contributed by atoms with van der Waals surface area (Å²) < 4.78 is 11.3. The molecule has 4 rings (SSSR count). The number of amides is 1. The molecule has 4 heterocycles. The van der Waals surface area contributed by atoms with Gasteiger partial charge in [-0.15, -0.1) is 0 Å². The first-order valence-corrected chi connectivity index (χ1v) is 8.97. The Bertz CT molecular complexity index is 584. The molecule has 1 amide bonds. The standard InChI is InChI=1S/C17H25N3O4/c1-12-10-13(18-24-12)11-19-8-6-15-14(19)4-5-16(23-15)17(21)20-7-2-3-9-22-20/h10,14-16H,2-9,11H2,1H3/t14-,15-,16-/m0/s1. The van der Waals surface area contributed by atoms with Gasteiger partial charge in [-0.25, -0.2) is 5.06 Å². The topological polar surface area (TPSA) is 68.0 Å². The molecule has 3 saturated heterocycles. The average Bonchev–Trinajstić information content (AvgIpc) is 3.21. The highest BCUT2D eigenvalue weighted by molar-refractivity contribution is 5.80. The van der Waals surface area contributed by atoms with Gasteiger partial charge in [-0.2, -0.15) is 0 Å². The Labute approximate surface area is 141 Å². The van der Waals surface area contributed by atoms with E-state index in [9.17, 15) is 4.79 Å². The molecule has 3 aliphatic rings. The van der Waals surface area contributed by atoms with Crippen molar-refractivity contribution < 1.29 is 18.9 Å². The molecule has 1 aromatic rings. The summed E-state index contributed by atoms with van der Waals surface area (Å²) in [4.78, 5) is 20.4. The van der Waals surface area contributed by atoms with Gasteiger partial charge in [0.2, 0.25) is 0 Å². The van der Waals surface area contributed by atoms with Gasteiger partial charge >= 0.3 is 0 Å². The molecule has 0 unspecified atom stereocenters. The molecule has 0 saturated carbocycles. The largest absolute Gasteiger partial charge is 0.363 e. The summed E-state index contributed by atoms with van der Waals surface area (Å²) >= 11 is 0. The normalized spacial score (nSPS) is 31.2. The van der Waals surface area contributed by atoms with Gasteiger partial charge in [0.05, 0.1) is 18.4 Å². The highest BCUT2D eigenvalue weighted by Gasteiger charge is 2.43. The second-order valence-electron chi connectivity index (χ2n) is 6.98. The fourth-order valence-corrected chi connectivity index (χ4v) is 4.02. The monoisotopic (exact) mass is 335 g/mol. The van der Waals surface area contributed by atoms with Gasteiger partial charge in [0, 0.05) is 31.7 Å². The minimum absolute atomic E-state index is 0.00118. The summed E-state index contributed by atoms with van der Waals surface area (Å²) in [5.74, 6) is 0.839. The van der Waals surface area contributed by atoms with Crippen LogP contribution in [0.4, 0.5) is 0 Å². The van der Waals surface area contributed by atoms with Crippen LogP contribution in [0, 0.1) is 6.92 Å². The number of ether oxygens (including phenoxy) is 1. The van der Waals surface area contributed by atoms with E-state index in [2.05, 4.69) is 10.1 Å². The first-order chi connectivity index (χ1) is 11.7. The Morgan fingerprint density at radius 2 is 2.21 bits per heavy atom. The molecule has 0 bridgehead atoms. The predicted octanol–water partition coefficient (Wildman–Crippen LogP) is 1.66. The molecule has 3 aliphatic heterocycles. The van der Waals surface area contributed by atoms with E-state index in [0.717, 1.165) is 56.6 Å². The first kappa shape index (κ1) is 16.1. The van der Waals surface area contributed by atoms with Crippen molar-refractivity contribution >= 4 is 5.91 Å². The molecule has 7 nitrogen and oxygen atoms in total. The minimum atomic E-state index is -0.349. The van der Waals surface area contributed by atoms with Crippen LogP contribution in [0.2, 0.25) is 0 Å². The number of aryl methyl sites for hydroxylation is 1. The van der Waals surface area contributed by atoms with E-state index in [1.165, 1.54) is 5.06 Å². The average molecular weight is 335 g/mol. The molecular weight excluding hydrogens is 310 g/mol. The zero-order valence-corrected chi connectivity index (χ0v) is 14.1. The summed E-state index contributed by atoms with van der Waals surface area (Å²) in [6, 6.07) is 2.35. The van der Waals surface area contributed by atoms with Gasteiger partial charge in [0.1, 0.15) is 11.9 Å². The predicted molar refractivity (Wildman–Crippen MR) is 84.8 cm³/mol. The van der Waals surface area contributed by atoms with Gasteiger partial charge in [-0.05, 0) is 39.0 Å². The molecule has 0 N–H and O–H groups in total. The highest BCUT2D eigenvalue weighted by atomic mass is 16.7. The van der Waals surface area contributed by atoms with Crippen LogP contribution in [0.25, 0.3) is 0 Å². The molecule has 24 heavy (non-hydrogen) atoms. The maximum Gasteiger partial charge on any atom is 0.275 e. The molecule has 0 aliphatic carbocycles. The third-order valence-electron chi connectivity index (χ3n) is 5.23. The second-order valence-corrected chi connectivity index (χ2v) is 6.98. The third-order valence-corrected chi connectivity index (χ3v) is 5.23. The molecule has 0 spiro atoms. The molecule has 0 radical (unpaired) electrons. The summed E-state index contributed by atoms with van der Waals surface area (Å²) in [6.07, 6.45) is 4.52. The number of carbonyl (C=O) groups is 1. The number of hydrogen-bond acceptors (Lipinski definition) is 6. The Morgan fingerprint density at radius 1 is 1.29 bits per heavy atom. The van der Waals surface area contributed by atoms with Gasteiger partial charge in [-0.1, -0.05) is 5.16 Å². The van der Waals surface area contributed by atoms with Crippen molar-refractivity contribution in [1.29, 1.82) is 0 Å². The van der Waals surface area contributed by atoms with Gasteiger partial charge in [0.15, 0.2) is 0 Å². The van der Waals surface area contributed by atoms with E-state index in [0.29, 0.717) is 19.2 Å². The van der Waals surface area contributed by atoms with E-state index < -0.39 is 0 Å². The molecular formula is C17H25N3O4. The van der Waals surface area contributed by atoms with Crippen molar-refractivity contribution in [3.63, 3.8) is 0 Å². The first-order valence-electron chi connectivity index (χ1n) is 8.97. The number of likely N-dealkylation sites (tertiary alicyclic amines) is 1. The van der Waals surface area contributed by atoms with Crippen molar-refractivity contribution in [3.05, 3.63) is 17.5 Å². The maximum absolute atomic E-state index is 12.6. The van der Waals surface area contributed by atoms with E-state index in [4.69, 9.17) is 14.1 Å². The van der Waals surface area contributed by atoms with Crippen LogP contribution in [-0.4, -0.2) is 59.0 Å². The Balaban J connectivity index is 1.34. The zero-order valence-electron chi connectivity index (χ0n) is 14.1. The lowest BCUT2D eigenvalue weighted by molar-refractivity contribution is -0.213. The minimum Gasteiger partial charge on any atom is -0.363 e. The highest BCUT2D eigenvalue weighted by Crippen LogP contribution is 2.33. The second kappa shape index (κ2) is 6.82. The smallest absolute Gasteiger partial charge is 0.275 e. The third kappa shape index (κ3) is 3.20. The molecule has 0 aromatic carbocycles. The summed E-state index contributed by atoms with van der Waals surface area (Å²) in [5, 5.41) is 5.60. The van der Waals surface area contributed by atoms with Crippen molar-refractivity contribution in [2.45, 2.75) is 63.8 Å². The SMILES string of the molecule is Cc1cc(CN2CC[C@@H]3O[C@H](C(=O)N4CCCCO4)CC[C@@H]32)no1. The van der Waals surface area contributed by atoms with Crippen LogP contribution < -0.4 is 0 Å². The number of hydrogen-bond donors (Lipinski definition) is 0. The van der Waals surface area contributed by atoms with Crippen LogP contribution in [-0.2, 0) is 20.9 Å². The summed E-state index contributed by atoms with van der Waals surface area (Å²) in [6.45, 7) is 4.99. The lowest BCUT2D eigenvalue weighted by atomic mass is 9.98. The van der Waals surface area contributed by atoms with Crippen molar-refractivity contribution in [2.75, 3.05) is 19.7 Å². The van der Waals surface area contributed by atoms with Crippen LogP contribution >= 0.6 is 0 Å². The number of fused-ring (bicyclic) bond motifs is 1. The summed E-state index contributed by atoms with van der Waals surface area (Å²) in [7, 11) is 0. The quantitative estimate of drug-likeness (QED) is 0.837. The summed E-state index contributed by atoms with van der Waals surface area (Å²) in [5.41, 5.74) is 0.966. The number of hydroxylamine groups is 2. The van der Waals surface area contributed by atoms with Crippen molar-refractivity contribution in [1.82, 2.24) is 15.1 Å². The molecule has 3 fully saturated rings. The fourth-order valence-electron chi connectivity index (χ4n) is 4.02.